The molecule has 2 saturated heterocycles. The number of aromatic amines is 1. The maximum atomic E-state index is 13.6. The number of aryl methyl sites for hydroxylation is 2. The van der Waals surface area contributed by atoms with Crippen molar-refractivity contribution in [2.24, 2.45) is 5.92 Å². The highest BCUT2D eigenvalue weighted by molar-refractivity contribution is 5.94. The van der Waals surface area contributed by atoms with Crippen molar-refractivity contribution < 1.29 is 28.7 Å². The lowest BCUT2D eigenvalue weighted by Crippen LogP contribution is -2.51. The molecule has 3 heterocycles. The summed E-state index contributed by atoms with van der Waals surface area (Å²) in [5.74, 6) is 0.381. The zero-order valence-corrected chi connectivity index (χ0v) is 30.5. The molecule has 1 aliphatic carbocycles. The van der Waals surface area contributed by atoms with E-state index in [2.05, 4.69) is 33.8 Å². The van der Waals surface area contributed by atoms with Gasteiger partial charge in [-0.1, -0.05) is 44.2 Å². The number of hydrogen-bond acceptors (Lipinski definition) is 7. The number of methoxy groups -OCH3 is 1. The first-order valence-electron chi connectivity index (χ1n) is 18.1. The van der Waals surface area contributed by atoms with Crippen LogP contribution in [0.15, 0.2) is 42.5 Å². The Balaban J connectivity index is 1.11. The number of aromatic nitrogens is 2. The minimum atomic E-state index is -0.682. The zero-order chi connectivity index (χ0) is 36.4. The molecule has 3 aliphatic rings. The molecule has 6 rings (SSSR count). The van der Waals surface area contributed by atoms with Gasteiger partial charge in [0.1, 0.15) is 17.5 Å². The number of amides is 4. The largest absolute Gasteiger partial charge is 0.453 e. The van der Waals surface area contributed by atoms with E-state index in [9.17, 15) is 19.2 Å². The number of benzene rings is 2. The molecule has 12 nitrogen and oxygen atoms in total. The summed E-state index contributed by atoms with van der Waals surface area (Å²) in [5.41, 5.74) is 6.34. The molecule has 3 N–H and O–H groups in total. The fourth-order valence-corrected chi connectivity index (χ4v) is 7.39. The van der Waals surface area contributed by atoms with E-state index in [1.807, 2.05) is 63.8 Å². The van der Waals surface area contributed by atoms with Crippen LogP contribution >= 0.6 is 0 Å². The third-order valence-corrected chi connectivity index (χ3v) is 10.0. The summed E-state index contributed by atoms with van der Waals surface area (Å²) in [6.07, 6.45) is 4.07. The van der Waals surface area contributed by atoms with Gasteiger partial charge in [0.25, 0.3) is 5.91 Å². The second kappa shape index (κ2) is 14.8. The van der Waals surface area contributed by atoms with Crippen LogP contribution in [0, 0.1) is 5.92 Å². The molecule has 1 aromatic heterocycles. The molecule has 2 aliphatic heterocycles. The summed E-state index contributed by atoms with van der Waals surface area (Å²) >= 11 is 0. The Hall–Kier alpha value is -4.87. The normalized spacial score (nSPS) is 19.0. The number of hydrogen-bond donors (Lipinski definition) is 3. The molecule has 4 amide bonds. The zero-order valence-electron chi connectivity index (χ0n) is 30.5. The Morgan fingerprint density at radius 3 is 2.37 bits per heavy atom. The summed E-state index contributed by atoms with van der Waals surface area (Å²) in [5, 5.41) is 5.72. The van der Waals surface area contributed by atoms with Gasteiger partial charge >= 0.3 is 12.2 Å². The first-order valence-corrected chi connectivity index (χ1v) is 18.1. The molecule has 0 bridgehead atoms. The number of nitrogens with one attached hydrogen (secondary N) is 3. The molecule has 0 unspecified atom stereocenters. The van der Waals surface area contributed by atoms with E-state index < -0.39 is 17.7 Å². The predicted octanol–water partition coefficient (Wildman–Crippen LogP) is 6.02. The van der Waals surface area contributed by atoms with Crippen molar-refractivity contribution in [2.45, 2.75) is 96.9 Å². The fraction of sp³-hybridized carbons (Fsp3) is 0.513. The second-order valence-electron chi connectivity index (χ2n) is 15.1. The van der Waals surface area contributed by atoms with Crippen molar-refractivity contribution >= 4 is 24.0 Å². The molecule has 3 atom stereocenters. The average molecular weight is 699 g/mol. The summed E-state index contributed by atoms with van der Waals surface area (Å²) in [6, 6.07) is 13.0. The van der Waals surface area contributed by atoms with Gasteiger partial charge < -0.3 is 34.9 Å². The molecule has 0 radical (unpaired) electrons. The maximum absolute atomic E-state index is 13.6. The smallest absolute Gasteiger partial charge is 0.410 e. The highest BCUT2D eigenvalue weighted by Gasteiger charge is 2.38. The molecule has 3 aromatic rings. The molecule has 0 saturated carbocycles. The molecule has 12 heteroatoms. The van der Waals surface area contributed by atoms with Crippen LogP contribution in [0.2, 0.25) is 0 Å². The lowest BCUT2D eigenvalue weighted by molar-refractivity contribution is -0.135. The van der Waals surface area contributed by atoms with E-state index >= 15 is 0 Å². The molecule has 2 fully saturated rings. The van der Waals surface area contributed by atoms with Crippen molar-refractivity contribution in [1.29, 1.82) is 0 Å². The van der Waals surface area contributed by atoms with Gasteiger partial charge in [0.15, 0.2) is 0 Å². The Morgan fingerprint density at radius 1 is 0.961 bits per heavy atom. The number of rotatable bonds is 8. The Labute approximate surface area is 299 Å². The second-order valence-corrected chi connectivity index (χ2v) is 15.1. The molecule has 272 valence electrons. The van der Waals surface area contributed by atoms with Gasteiger partial charge in [-0.25, -0.2) is 14.6 Å². The highest BCUT2D eigenvalue weighted by atomic mass is 16.6. The number of likely N-dealkylation sites (tertiary alicyclic amines) is 2. The highest BCUT2D eigenvalue weighted by Crippen LogP contribution is 2.38. The van der Waals surface area contributed by atoms with Crippen LogP contribution in [0.3, 0.4) is 0 Å². The Kier molecular flexibility index (Phi) is 10.4. The van der Waals surface area contributed by atoms with Crippen molar-refractivity contribution in [1.82, 2.24) is 30.4 Å². The average Bonchev–Trinajstić information content (AvgIpc) is 3.88. The number of carbonyl (C=O) groups is 4. The third kappa shape index (κ3) is 7.89. The SMILES string of the molecule is COC(=O)N[C@H](C(=O)N1CCC[C@H]1c1nc2c([nH]1)CCc1cc(-c3ccc(C(=O)NC[C@@H]4CCCN4C(=O)OC(C)(C)C)cc3)ccc1-2)C(C)C. The minimum absolute atomic E-state index is 0.0863. The van der Waals surface area contributed by atoms with Crippen molar-refractivity contribution in [3.05, 3.63) is 65.1 Å². The van der Waals surface area contributed by atoms with Crippen LogP contribution < -0.4 is 10.6 Å². The minimum Gasteiger partial charge on any atom is -0.453 e. The van der Waals surface area contributed by atoms with Gasteiger partial charge in [-0.15, -0.1) is 0 Å². The molecular formula is C39H50N6O6. The van der Waals surface area contributed by atoms with Crippen LogP contribution in [-0.4, -0.2) is 88.2 Å². The van der Waals surface area contributed by atoms with Gasteiger partial charge in [-0.2, -0.15) is 0 Å². The van der Waals surface area contributed by atoms with Crippen LogP contribution in [0.5, 0.6) is 0 Å². The van der Waals surface area contributed by atoms with Gasteiger partial charge in [0.05, 0.1) is 24.9 Å². The summed E-state index contributed by atoms with van der Waals surface area (Å²) in [6.45, 7) is 11.0. The number of imidazole rings is 1. The van der Waals surface area contributed by atoms with Crippen LogP contribution in [0.25, 0.3) is 22.4 Å². The molecule has 0 spiro atoms. The standard InChI is InChI=1S/C39H50N6O6/c1-23(2)32(43-37(48)50-6)36(47)45-20-8-10-31(45)34-41-30-18-16-27-21-26(15-17-29(27)33(30)42-34)24-11-13-25(14-12-24)35(46)40-22-28-9-7-19-44(28)38(49)51-39(3,4)5/h11-15,17,21,23,28,31-32H,7-10,16,18-20,22H2,1-6H3,(H,40,46)(H,41,42)(H,43,48)/t28-,31-,32-/m0/s1. The molecule has 51 heavy (non-hydrogen) atoms. The molecular weight excluding hydrogens is 648 g/mol. The third-order valence-electron chi connectivity index (χ3n) is 10.0. The van der Waals surface area contributed by atoms with E-state index in [4.69, 9.17) is 14.5 Å². The van der Waals surface area contributed by atoms with Gasteiger partial charge in [0.2, 0.25) is 5.91 Å². The Bertz CT molecular complexity index is 1780. The van der Waals surface area contributed by atoms with Crippen LogP contribution in [0.4, 0.5) is 9.59 Å². The van der Waals surface area contributed by atoms with Gasteiger partial charge in [0, 0.05) is 36.5 Å². The number of ether oxygens (including phenoxy) is 2. The van der Waals surface area contributed by atoms with Crippen LogP contribution in [0.1, 0.15) is 93.8 Å². The topological polar surface area (TPSA) is 146 Å². The van der Waals surface area contributed by atoms with Gasteiger partial charge in [-0.3, -0.25) is 9.59 Å². The van der Waals surface area contributed by atoms with Gasteiger partial charge in [-0.05, 0) is 94.0 Å². The lowest BCUT2D eigenvalue weighted by atomic mass is 9.89. The summed E-state index contributed by atoms with van der Waals surface area (Å²) in [7, 11) is 1.30. The van der Waals surface area contributed by atoms with E-state index in [0.29, 0.717) is 25.2 Å². The van der Waals surface area contributed by atoms with E-state index in [1.54, 1.807) is 4.90 Å². The number of H-pyrrole nitrogens is 1. The number of nitrogens with zero attached hydrogens (tertiary/aromatic N) is 3. The van der Waals surface area contributed by atoms with Crippen molar-refractivity contribution in [2.75, 3.05) is 26.7 Å². The van der Waals surface area contributed by atoms with E-state index in [1.165, 1.54) is 12.7 Å². The number of alkyl carbamates (subject to hydrolysis) is 1. The first kappa shape index (κ1) is 35.9. The van der Waals surface area contributed by atoms with Crippen molar-refractivity contribution in [3.8, 4) is 22.4 Å². The predicted molar refractivity (Wildman–Crippen MR) is 193 cm³/mol. The fourth-order valence-electron chi connectivity index (χ4n) is 7.39. The van der Waals surface area contributed by atoms with E-state index in [0.717, 1.165) is 72.4 Å². The maximum Gasteiger partial charge on any atom is 0.410 e. The first-order chi connectivity index (χ1) is 24.3. The number of carbonyl (C=O) groups excluding carboxylic acids is 4. The summed E-state index contributed by atoms with van der Waals surface area (Å²) < 4.78 is 10.3. The summed E-state index contributed by atoms with van der Waals surface area (Å²) in [4.78, 5) is 63.4. The monoisotopic (exact) mass is 698 g/mol. The van der Waals surface area contributed by atoms with E-state index in [-0.39, 0.29) is 35.9 Å². The molecule has 2 aromatic carbocycles. The van der Waals surface area contributed by atoms with Crippen molar-refractivity contribution in [3.63, 3.8) is 0 Å². The number of fused-ring (bicyclic) bond motifs is 3. The lowest BCUT2D eigenvalue weighted by Gasteiger charge is -2.30. The Morgan fingerprint density at radius 2 is 1.67 bits per heavy atom. The quantitative estimate of drug-likeness (QED) is 0.261. The van der Waals surface area contributed by atoms with Crippen LogP contribution in [-0.2, 0) is 27.1 Å².